The summed E-state index contributed by atoms with van der Waals surface area (Å²) < 4.78 is 4.72. The fourth-order valence-electron chi connectivity index (χ4n) is 4.94. The molecule has 0 N–H and O–H groups in total. The zero-order valence-corrected chi connectivity index (χ0v) is 21.9. The third-order valence-electron chi connectivity index (χ3n) is 6.86. The van der Waals surface area contributed by atoms with Crippen molar-refractivity contribution in [2.45, 2.75) is 103 Å². The second-order valence-corrected chi connectivity index (χ2v) is 9.40. The number of nitrogens with zero attached hydrogens (tertiary/aromatic N) is 2. The van der Waals surface area contributed by atoms with Crippen molar-refractivity contribution in [3.05, 3.63) is 59.2 Å². The molecule has 0 bridgehead atoms. The maximum Gasteiger partial charge on any atom is 0.172 e. The molecule has 0 saturated heterocycles. The molecule has 0 aliphatic heterocycles. The van der Waals surface area contributed by atoms with Gasteiger partial charge in [0.05, 0.1) is 0 Å². The van der Waals surface area contributed by atoms with Crippen LogP contribution < -0.4 is 33.9 Å². The Kier molecular flexibility index (Phi) is 13.1. The summed E-state index contributed by atoms with van der Waals surface area (Å²) >= 11 is 0. The van der Waals surface area contributed by atoms with Gasteiger partial charge >= 0.3 is 0 Å². The largest absolute Gasteiger partial charge is 1.00 e. The van der Waals surface area contributed by atoms with Gasteiger partial charge in [-0.25, -0.2) is 9.13 Å². The molecular formula is C30H38Cl2N2. The van der Waals surface area contributed by atoms with Crippen LogP contribution in [-0.2, 0) is 38.8 Å². The van der Waals surface area contributed by atoms with Gasteiger partial charge in [-0.3, -0.25) is 0 Å². The smallest absolute Gasteiger partial charge is 0.172 e. The number of unbranched alkanes of at least 4 members (excludes halogenated alkanes) is 4. The Morgan fingerprint density at radius 3 is 1.41 bits per heavy atom. The molecule has 34 heavy (non-hydrogen) atoms. The van der Waals surface area contributed by atoms with Gasteiger partial charge in [0.25, 0.3) is 0 Å². The molecule has 0 atom stereocenters. The van der Waals surface area contributed by atoms with Crippen LogP contribution in [0.2, 0.25) is 0 Å². The lowest BCUT2D eigenvalue weighted by Gasteiger charge is -2.13. The van der Waals surface area contributed by atoms with Gasteiger partial charge in [0, 0.05) is 48.9 Å². The second kappa shape index (κ2) is 15.8. The first-order valence-electron chi connectivity index (χ1n) is 12.9. The third-order valence-corrected chi connectivity index (χ3v) is 6.86. The standard InChI is InChI=1S/C30H38N2.2ClH/c1(3-5-7-13-21-31-23-19-27-15-9-11-17-29(27)25-31)2-4-6-8-14-22-32-24-20-28-16-10-12-18-30(28)26-32;;/h19-20,23-26H,5-18,21-22H2;2*1H/q+2;;/p-2. The molecule has 2 nitrogen and oxygen atoms in total. The summed E-state index contributed by atoms with van der Waals surface area (Å²) in [5.41, 5.74) is 6.26. The second-order valence-electron chi connectivity index (χ2n) is 9.40. The SMILES string of the molecule is C(C#CCCCC[n+]1ccc2c(c1)CCCC2)#CCCCC[n+]1ccc2c(c1)CCCC2.[Cl-].[Cl-]. The van der Waals surface area contributed by atoms with Gasteiger partial charge in [0.15, 0.2) is 24.8 Å². The molecule has 0 amide bonds. The Bertz CT molecular complexity index is 940. The molecule has 182 valence electrons. The molecule has 0 spiro atoms. The van der Waals surface area contributed by atoms with Crippen LogP contribution >= 0.6 is 0 Å². The van der Waals surface area contributed by atoms with E-state index < -0.39 is 0 Å². The highest BCUT2D eigenvalue weighted by Crippen LogP contribution is 2.19. The first-order valence-corrected chi connectivity index (χ1v) is 12.9. The van der Waals surface area contributed by atoms with Gasteiger partial charge in [-0.2, -0.15) is 0 Å². The molecule has 4 rings (SSSR count). The Hall–Kier alpha value is -2.00. The summed E-state index contributed by atoms with van der Waals surface area (Å²) in [6.07, 6.45) is 26.3. The summed E-state index contributed by atoms with van der Waals surface area (Å²) in [6.45, 7) is 2.20. The lowest BCUT2D eigenvalue weighted by molar-refractivity contribution is -0.698. The molecule has 2 aromatic heterocycles. The Morgan fingerprint density at radius 1 is 0.559 bits per heavy atom. The molecule has 2 aliphatic rings. The van der Waals surface area contributed by atoms with E-state index >= 15 is 0 Å². The van der Waals surface area contributed by atoms with Crippen LogP contribution in [0.4, 0.5) is 0 Å². The summed E-state index contributed by atoms with van der Waals surface area (Å²) in [4.78, 5) is 0. The highest BCUT2D eigenvalue weighted by Gasteiger charge is 2.14. The Labute approximate surface area is 219 Å². The first-order chi connectivity index (χ1) is 15.9. The number of hydrogen-bond donors (Lipinski definition) is 0. The van der Waals surface area contributed by atoms with Gasteiger partial charge in [0.2, 0.25) is 0 Å². The van der Waals surface area contributed by atoms with E-state index in [4.69, 9.17) is 0 Å². The van der Waals surface area contributed by atoms with E-state index in [1.807, 2.05) is 0 Å². The topological polar surface area (TPSA) is 7.76 Å². The van der Waals surface area contributed by atoms with Crippen LogP contribution in [0.15, 0.2) is 36.9 Å². The molecule has 0 aromatic carbocycles. The average Bonchev–Trinajstić information content (AvgIpc) is 2.84. The number of rotatable bonds is 8. The van der Waals surface area contributed by atoms with Crippen LogP contribution in [0.3, 0.4) is 0 Å². The molecular weight excluding hydrogens is 459 g/mol. The highest BCUT2D eigenvalue weighted by atomic mass is 35.5. The minimum absolute atomic E-state index is 0. The maximum atomic E-state index is 3.23. The minimum Gasteiger partial charge on any atom is -1.00 e. The normalized spacial score (nSPS) is 13.5. The quantitative estimate of drug-likeness (QED) is 0.253. The summed E-state index contributed by atoms with van der Waals surface area (Å²) in [6, 6.07) is 4.66. The van der Waals surface area contributed by atoms with Crippen LogP contribution in [0.5, 0.6) is 0 Å². The number of aromatic nitrogens is 2. The molecule has 2 aliphatic carbocycles. The monoisotopic (exact) mass is 496 g/mol. The molecule has 0 unspecified atom stereocenters. The average molecular weight is 498 g/mol. The van der Waals surface area contributed by atoms with Gasteiger partial charge < -0.3 is 24.8 Å². The number of aryl methyl sites for hydroxylation is 6. The molecule has 4 heteroatoms. The fourth-order valence-corrected chi connectivity index (χ4v) is 4.94. The number of hydrogen-bond acceptors (Lipinski definition) is 0. The van der Waals surface area contributed by atoms with E-state index in [1.165, 1.54) is 64.2 Å². The minimum atomic E-state index is 0. The van der Waals surface area contributed by atoms with Crippen molar-refractivity contribution in [2.24, 2.45) is 0 Å². The highest BCUT2D eigenvalue weighted by molar-refractivity contribution is 5.26. The van der Waals surface area contributed by atoms with Crippen molar-refractivity contribution in [1.29, 1.82) is 0 Å². The van der Waals surface area contributed by atoms with Gasteiger partial charge in [0.1, 0.15) is 13.1 Å². The van der Waals surface area contributed by atoms with Crippen LogP contribution in [0.1, 0.15) is 86.5 Å². The van der Waals surface area contributed by atoms with Crippen molar-refractivity contribution in [1.82, 2.24) is 0 Å². The predicted molar refractivity (Wildman–Crippen MR) is 130 cm³/mol. The number of pyridine rings is 2. The van der Waals surface area contributed by atoms with Crippen molar-refractivity contribution >= 4 is 0 Å². The Balaban J connectivity index is 0.00000204. The van der Waals surface area contributed by atoms with Crippen molar-refractivity contribution in [3.8, 4) is 23.7 Å². The lowest BCUT2D eigenvalue weighted by Crippen LogP contribution is -3.00. The molecule has 0 fully saturated rings. The van der Waals surface area contributed by atoms with E-state index in [-0.39, 0.29) is 24.8 Å². The summed E-state index contributed by atoms with van der Waals surface area (Å²) in [5, 5.41) is 0. The first kappa shape index (κ1) is 28.2. The fraction of sp³-hybridized carbons (Fsp3) is 0.533. The number of halogens is 2. The van der Waals surface area contributed by atoms with Gasteiger partial charge in [-0.05, 0) is 87.2 Å². The van der Waals surface area contributed by atoms with E-state index in [9.17, 15) is 0 Å². The van der Waals surface area contributed by atoms with Crippen LogP contribution in [0, 0.1) is 23.7 Å². The third kappa shape index (κ3) is 8.98. The number of fused-ring (bicyclic) bond motifs is 2. The summed E-state index contributed by atoms with van der Waals surface area (Å²) in [5.74, 6) is 12.5. The molecule has 0 saturated carbocycles. The Morgan fingerprint density at radius 2 is 0.971 bits per heavy atom. The zero-order valence-electron chi connectivity index (χ0n) is 20.4. The van der Waals surface area contributed by atoms with Crippen molar-refractivity contribution in [3.63, 3.8) is 0 Å². The predicted octanol–water partition coefficient (Wildman–Crippen LogP) is -0.925. The maximum absolute atomic E-state index is 3.23. The molecule has 2 aromatic rings. The van der Waals surface area contributed by atoms with E-state index in [0.717, 1.165) is 38.8 Å². The molecule has 2 heterocycles. The van der Waals surface area contributed by atoms with Crippen molar-refractivity contribution in [2.75, 3.05) is 0 Å². The van der Waals surface area contributed by atoms with Crippen LogP contribution in [-0.4, -0.2) is 0 Å². The van der Waals surface area contributed by atoms with Crippen molar-refractivity contribution < 1.29 is 33.9 Å². The van der Waals surface area contributed by atoms with Gasteiger partial charge in [-0.1, -0.05) is 11.8 Å². The zero-order chi connectivity index (χ0) is 21.8. The molecule has 0 radical (unpaired) electrons. The summed E-state index contributed by atoms with van der Waals surface area (Å²) in [7, 11) is 0. The van der Waals surface area contributed by atoms with Gasteiger partial charge in [-0.15, -0.1) is 0 Å². The van der Waals surface area contributed by atoms with E-state index in [2.05, 4.69) is 69.7 Å². The lowest BCUT2D eigenvalue weighted by atomic mass is 9.93. The van der Waals surface area contributed by atoms with Crippen LogP contribution in [0.25, 0.3) is 0 Å². The van der Waals surface area contributed by atoms with E-state index in [0.29, 0.717) is 0 Å². The van der Waals surface area contributed by atoms with E-state index in [1.54, 1.807) is 22.3 Å².